The predicted octanol–water partition coefficient (Wildman–Crippen LogP) is 3.86. The van der Waals surface area contributed by atoms with Crippen LogP contribution in [0, 0.1) is 29.6 Å². The van der Waals surface area contributed by atoms with Gasteiger partial charge in [0.15, 0.2) is 0 Å². The standard InChI is InChI=1S/C13H22/c1-2-10(8-9-6-7-9)13-11-4-3-5-12(11)13/h9-13H,2-8H2,1H3. The minimum atomic E-state index is 1.13. The van der Waals surface area contributed by atoms with Gasteiger partial charge in [-0.1, -0.05) is 32.6 Å². The third-order valence-corrected chi connectivity index (χ3v) is 4.87. The Morgan fingerprint density at radius 3 is 2.31 bits per heavy atom. The molecule has 0 aromatic carbocycles. The topological polar surface area (TPSA) is 0 Å². The molecule has 0 spiro atoms. The fraction of sp³-hybridized carbons (Fsp3) is 1.00. The lowest BCUT2D eigenvalue weighted by molar-refractivity contribution is 0.343. The molecular weight excluding hydrogens is 156 g/mol. The molecule has 0 amide bonds. The molecule has 0 aliphatic heterocycles. The number of hydrogen-bond acceptors (Lipinski definition) is 0. The lowest BCUT2D eigenvalue weighted by atomic mass is 9.90. The van der Waals surface area contributed by atoms with Gasteiger partial charge in [0, 0.05) is 0 Å². The van der Waals surface area contributed by atoms with Crippen LogP contribution in [-0.2, 0) is 0 Å². The van der Waals surface area contributed by atoms with Crippen LogP contribution in [0.1, 0.15) is 51.9 Å². The number of rotatable bonds is 4. The van der Waals surface area contributed by atoms with Gasteiger partial charge in [0.05, 0.1) is 0 Å². The molecule has 0 heteroatoms. The molecule has 3 aliphatic carbocycles. The molecular formula is C13H22. The van der Waals surface area contributed by atoms with Crippen molar-refractivity contribution in [2.45, 2.75) is 51.9 Å². The van der Waals surface area contributed by atoms with Crippen LogP contribution in [-0.4, -0.2) is 0 Å². The largest absolute Gasteiger partial charge is 0.0651 e. The number of fused-ring (bicyclic) bond motifs is 1. The average Bonchev–Trinajstić information content (AvgIpc) is 3.03. The molecule has 13 heavy (non-hydrogen) atoms. The first-order valence-electron chi connectivity index (χ1n) is 6.40. The summed E-state index contributed by atoms with van der Waals surface area (Å²) in [5.74, 6) is 5.88. The highest BCUT2D eigenvalue weighted by atomic mass is 14.6. The van der Waals surface area contributed by atoms with Crippen LogP contribution in [0.3, 0.4) is 0 Å². The van der Waals surface area contributed by atoms with Crippen molar-refractivity contribution in [3.63, 3.8) is 0 Å². The van der Waals surface area contributed by atoms with E-state index in [0.29, 0.717) is 0 Å². The molecule has 0 saturated heterocycles. The predicted molar refractivity (Wildman–Crippen MR) is 55.4 cm³/mol. The zero-order chi connectivity index (χ0) is 8.84. The van der Waals surface area contributed by atoms with E-state index >= 15 is 0 Å². The Hall–Kier alpha value is 0. The minimum absolute atomic E-state index is 1.13. The van der Waals surface area contributed by atoms with Crippen molar-refractivity contribution in [2.24, 2.45) is 29.6 Å². The summed E-state index contributed by atoms with van der Waals surface area (Å²) < 4.78 is 0. The highest BCUT2D eigenvalue weighted by molar-refractivity contribution is 5.04. The molecule has 74 valence electrons. The van der Waals surface area contributed by atoms with E-state index < -0.39 is 0 Å². The second-order valence-electron chi connectivity index (χ2n) is 5.68. The molecule has 3 atom stereocenters. The summed E-state index contributed by atoms with van der Waals surface area (Å²) in [6.07, 6.45) is 10.9. The first-order valence-corrected chi connectivity index (χ1v) is 6.40. The Kier molecular flexibility index (Phi) is 1.92. The van der Waals surface area contributed by atoms with Crippen molar-refractivity contribution in [3.8, 4) is 0 Å². The van der Waals surface area contributed by atoms with E-state index in [1.54, 1.807) is 38.5 Å². The molecule has 3 rings (SSSR count). The maximum Gasteiger partial charge on any atom is -0.0324 e. The Morgan fingerprint density at radius 2 is 1.77 bits per heavy atom. The molecule has 0 nitrogen and oxygen atoms in total. The molecule has 3 aliphatic rings. The van der Waals surface area contributed by atoms with E-state index in [-0.39, 0.29) is 0 Å². The normalized spacial score (nSPS) is 44.5. The Bertz CT molecular complexity index is 182. The molecule has 0 N–H and O–H groups in total. The van der Waals surface area contributed by atoms with Crippen molar-refractivity contribution in [3.05, 3.63) is 0 Å². The Labute approximate surface area is 82.1 Å². The van der Waals surface area contributed by atoms with Gasteiger partial charge in [0.25, 0.3) is 0 Å². The van der Waals surface area contributed by atoms with Gasteiger partial charge in [-0.05, 0) is 48.9 Å². The molecule has 3 unspecified atom stereocenters. The Balaban J connectivity index is 1.56. The highest BCUT2D eigenvalue weighted by Gasteiger charge is 2.55. The summed E-state index contributed by atoms with van der Waals surface area (Å²) in [6.45, 7) is 2.42. The molecule has 0 aromatic rings. The summed E-state index contributed by atoms with van der Waals surface area (Å²) in [4.78, 5) is 0. The van der Waals surface area contributed by atoms with Gasteiger partial charge < -0.3 is 0 Å². The van der Waals surface area contributed by atoms with Crippen LogP contribution in [0.4, 0.5) is 0 Å². The summed E-state index contributed by atoms with van der Waals surface area (Å²) >= 11 is 0. The summed E-state index contributed by atoms with van der Waals surface area (Å²) in [6, 6.07) is 0. The van der Waals surface area contributed by atoms with Gasteiger partial charge in [0.2, 0.25) is 0 Å². The molecule has 0 aromatic heterocycles. The van der Waals surface area contributed by atoms with Crippen LogP contribution in [0.15, 0.2) is 0 Å². The van der Waals surface area contributed by atoms with Crippen molar-refractivity contribution >= 4 is 0 Å². The minimum Gasteiger partial charge on any atom is -0.0651 e. The molecule has 3 saturated carbocycles. The third-order valence-electron chi connectivity index (χ3n) is 4.87. The SMILES string of the molecule is CCC(CC1CC1)C1C2CCCC21. The average molecular weight is 178 g/mol. The summed E-state index contributed by atoms with van der Waals surface area (Å²) in [7, 11) is 0. The van der Waals surface area contributed by atoms with Crippen LogP contribution < -0.4 is 0 Å². The maximum absolute atomic E-state index is 2.42. The van der Waals surface area contributed by atoms with Crippen LogP contribution >= 0.6 is 0 Å². The summed E-state index contributed by atoms with van der Waals surface area (Å²) in [5.41, 5.74) is 0. The second kappa shape index (κ2) is 3.00. The van der Waals surface area contributed by atoms with Crippen molar-refractivity contribution in [2.75, 3.05) is 0 Å². The van der Waals surface area contributed by atoms with Crippen LogP contribution in [0.5, 0.6) is 0 Å². The van der Waals surface area contributed by atoms with Gasteiger partial charge in [-0.25, -0.2) is 0 Å². The zero-order valence-corrected chi connectivity index (χ0v) is 8.84. The smallest absolute Gasteiger partial charge is 0.0324 e. The van der Waals surface area contributed by atoms with Gasteiger partial charge in [-0.15, -0.1) is 0 Å². The molecule has 0 heterocycles. The molecule has 3 fully saturated rings. The van der Waals surface area contributed by atoms with Gasteiger partial charge in [0.1, 0.15) is 0 Å². The lowest BCUT2D eigenvalue weighted by Gasteiger charge is -2.16. The fourth-order valence-electron chi connectivity index (χ4n) is 3.95. The quantitative estimate of drug-likeness (QED) is 0.613. The third kappa shape index (κ3) is 1.43. The summed E-state index contributed by atoms with van der Waals surface area (Å²) in [5, 5.41) is 0. The fourth-order valence-corrected chi connectivity index (χ4v) is 3.95. The van der Waals surface area contributed by atoms with E-state index in [4.69, 9.17) is 0 Å². The second-order valence-corrected chi connectivity index (χ2v) is 5.68. The van der Waals surface area contributed by atoms with Gasteiger partial charge in [-0.2, -0.15) is 0 Å². The van der Waals surface area contributed by atoms with Gasteiger partial charge >= 0.3 is 0 Å². The van der Waals surface area contributed by atoms with E-state index in [9.17, 15) is 0 Å². The first-order chi connectivity index (χ1) is 6.40. The Morgan fingerprint density at radius 1 is 1.08 bits per heavy atom. The number of hydrogen-bond donors (Lipinski definition) is 0. The van der Waals surface area contributed by atoms with E-state index in [2.05, 4.69) is 6.92 Å². The van der Waals surface area contributed by atoms with E-state index in [1.165, 1.54) is 24.2 Å². The maximum atomic E-state index is 2.42. The van der Waals surface area contributed by atoms with Crippen molar-refractivity contribution < 1.29 is 0 Å². The monoisotopic (exact) mass is 178 g/mol. The molecule has 0 bridgehead atoms. The lowest BCUT2D eigenvalue weighted by Crippen LogP contribution is -2.06. The van der Waals surface area contributed by atoms with Gasteiger partial charge in [-0.3, -0.25) is 0 Å². The first kappa shape index (κ1) is 8.32. The highest BCUT2D eigenvalue weighted by Crippen LogP contribution is 2.62. The molecule has 0 radical (unpaired) electrons. The van der Waals surface area contributed by atoms with Crippen LogP contribution in [0.2, 0.25) is 0 Å². The van der Waals surface area contributed by atoms with Crippen molar-refractivity contribution in [1.82, 2.24) is 0 Å². The van der Waals surface area contributed by atoms with E-state index in [0.717, 1.165) is 11.8 Å². The zero-order valence-electron chi connectivity index (χ0n) is 8.84. The van der Waals surface area contributed by atoms with Crippen molar-refractivity contribution in [1.29, 1.82) is 0 Å². The van der Waals surface area contributed by atoms with Crippen LogP contribution in [0.25, 0.3) is 0 Å². The van der Waals surface area contributed by atoms with E-state index in [1.807, 2.05) is 0 Å².